The Morgan fingerprint density at radius 1 is 1.26 bits per heavy atom. The Morgan fingerprint density at radius 2 is 1.96 bits per heavy atom. The minimum Gasteiger partial charge on any atom is -0.360 e. The third-order valence-electron chi connectivity index (χ3n) is 3.53. The van der Waals surface area contributed by atoms with Crippen molar-refractivity contribution in [3.8, 4) is 0 Å². The minimum absolute atomic E-state index is 0.0747. The van der Waals surface area contributed by atoms with Crippen molar-refractivity contribution in [2.75, 3.05) is 10.6 Å². The second kappa shape index (κ2) is 6.00. The molecular weight excluding hydrogens is 325 g/mol. The summed E-state index contributed by atoms with van der Waals surface area (Å²) in [7, 11) is 0. The lowest BCUT2D eigenvalue weighted by molar-refractivity contribution is -0.122. The summed E-state index contributed by atoms with van der Waals surface area (Å²) in [6, 6.07) is 5.50. The molecule has 1 fully saturated rings. The molecule has 8 heteroatoms. The average molecular weight is 338 g/mol. The van der Waals surface area contributed by atoms with Gasteiger partial charge >= 0.3 is 0 Å². The number of aromatic nitrogens is 1. The molecule has 2 N–H and O–H groups in total. The fraction of sp³-hybridized carbons (Fsp3) is 0.267. The maximum absolute atomic E-state index is 13.1. The van der Waals surface area contributed by atoms with Gasteiger partial charge in [-0.05, 0) is 31.5 Å². The van der Waals surface area contributed by atoms with Gasteiger partial charge in [0.25, 0.3) is 0 Å². The third kappa shape index (κ3) is 3.50. The zero-order valence-corrected chi connectivity index (χ0v) is 12.9. The SMILES string of the molecule is Cc1cc(NC(=O)C2CC2C(=O)Nc2ccc(F)c(Cl)c2)no1. The van der Waals surface area contributed by atoms with E-state index in [1.54, 1.807) is 13.0 Å². The highest BCUT2D eigenvalue weighted by Crippen LogP contribution is 2.40. The molecule has 0 saturated heterocycles. The largest absolute Gasteiger partial charge is 0.360 e. The van der Waals surface area contributed by atoms with Crippen molar-refractivity contribution in [1.29, 1.82) is 0 Å². The number of amides is 2. The number of aryl methyl sites for hydroxylation is 1. The summed E-state index contributed by atoms with van der Waals surface area (Å²) >= 11 is 5.66. The highest BCUT2D eigenvalue weighted by atomic mass is 35.5. The molecule has 0 aliphatic heterocycles. The van der Waals surface area contributed by atoms with Crippen molar-refractivity contribution in [2.45, 2.75) is 13.3 Å². The maximum Gasteiger partial charge on any atom is 0.229 e. The van der Waals surface area contributed by atoms with Gasteiger partial charge in [-0.1, -0.05) is 16.8 Å². The van der Waals surface area contributed by atoms with E-state index < -0.39 is 17.7 Å². The van der Waals surface area contributed by atoms with E-state index in [-0.39, 0.29) is 16.8 Å². The number of nitrogens with zero attached hydrogens (tertiary/aromatic N) is 1. The molecule has 120 valence electrons. The molecule has 1 aromatic heterocycles. The van der Waals surface area contributed by atoms with Crippen LogP contribution in [0.2, 0.25) is 5.02 Å². The Kier molecular flexibility index (Phi) is 4.04. The first kappa shape index (κ1) is 15.5. The van der Waals surface area contributed by atoms with Crippen LogP contribution in [-0.2, 0) is 9.59 Å². The Morgan fingerprint density at radius 3 is 2.57 bits per heavy atom. The molecule has 2 aromatic rings. The molecule has 2 unspecified atom stereocenters. The molecule has 1 saturated carbocycles. The maximum atomic E-state index is 13.1. The third-order valence-corrected chi connectivity index (χ3v) is 3.82. The minimum atomic E-state index is -0.559. The van der Waals surface area contributed by atoms with E-state index in [1.165, 1.54) is 18.2 Å². The van der Waals surface area contributed by atoms with Crippen LogP contribution in [0.25, 0.3) is 0 Å². The summed E-state index contributed by atoms with van der Waals surface area (Å²) in [5.41, 5.74) is 0.389. The molecule has 23 heavy (non-hydrogen) atoms. The molecule has 1 aromatic carbocycles. The van der Waals surface area contributed by atoms with Gasteiger partial charge in [0.15, 0.2) is 5.82 Å². The number of hydrogen-bond acceptors (Lipinski definition) is 4. The normalized spacial score (nSPS) is 19.3. The number of carbonyl (C=O) groups is 2. The first-order chi connectivity index (χ1) is 10.9. The van der Waals surface area contributed by atoms with Gasteiger partial charge in [-0.2, -0.15) is 0 Å². The summed E-state index contributed by atoms with van der Waals surface area (Å²) in [6.07, 6.45) is 0.448. The summed E-state index contributed by atoms with van der Waals surface area (Å²) in [4.78, 5) is 24.1. The first-order valence-corrected chi connectivity index (χ1v) is 7.32. The number of nitrogens with one attached hydrogen (secondary N) is 2. The average Bonchev–Trinajstić information content (AvgIpc) is 3.21. The number of halogens is 2. The van der Waals surface area contributed by atoms with Crippen LogP contribution in [0.1, 0.15) is 12.2 Å². The van der Waals surface area contributed by atoms with Crippen LogP contribution in [0.3, 0.4) is 0 Å². The van der Waals surface area contributed by atoms with Crippen LogP contribution in [0.4, 0.5) is 15.9 Å². The van der Waals surface area contributed by atoms with Crippen LogP contribution in [0.15, 0.2) is 28.8 Å². The lowest BCUT2D eigenvalue weighted by Gasteiger charge is -2.05. The lowest BCUT2D eigenvalue weighted by atomic mass is 10.2. The molecule has 2 amide bonds. The van der Waals surface area contributed by atoms with Gasteiger partial charge in [-0.25, -0.2) is 4.39 Å². The first-order valence-electron chi connectivity index (χ1n) is 6.94. The number of benzene rings is 1. The molecule has 3 rings (SSSR count). The highest BCUT2D eigenvalue weighted by molar-refractivity contribution is 6.31. The summed E-state index contributed by atoms with van der Waals surface area (Å²) in [6.45, 7) is 1.71. The van der Waals surface area contributed by atoms with E-state index in [0.29, 0.717) is 23.7 Å². The van der Waals surface area contributed by atoms with E-state index in [1.807, 2.05) is 0 Å². The summed E-state index contributed by atoms with van der Waals surface area (Å²) in [5.74, 6) is -1.08. The van der Waals surface area contributed by atoms with Crippen LogP contribution < -0.4 is 10.6 Å². The molecule has 2 atom stereocenters. The lowest BCUT2D eigenvalue weighted by Crippen LogP contribution is -2.20. The van der Waals surface area contributed by atoms with Crippen molar-refractivity contribution in [1.82, 2.24) is 5.16 Å². The van der Waals surface area contributed by atoms with E-state index in [4.69, 9.17) is 16.1 Å². The fourth-order valence-electron chi connectivity index (χ4n) is 2.23. The molecule has 1 aliphatic carbocycles. The molecular formula is C15H13ClFN3O3. The van der Waals surface area contributed by atoms with Crippen molar-refractivity contribution < 1.29 is 18.5 Å². The van der Waals surface area contributed by atoms with E-state index >= 15 is 0 Å². The molecule has 0 bridgehead atoms. The Bertz CT molecular complexity index is 777. The van der Waals surface area contributed by atoms with Gasteiger partial charge < -0.3 is 15.2 Å². The Hall–Kier alpha value is -2.41. The van der Waals surface area contributed by atoms with Crippen molar-refractivity contribution in [2.24, 2.45) is 11.8 Å². The highest BCUT2D eigenvalue weighted by Gasteiger charge is 2.48. The van der Waals surface area contributed by atoms with Gasteiger partial charge in [0.2, 0.25) is 11.8 Å². The number of carbonyl (C=O) groups excluding carboxylic acids is 2. The predicted octanol–water partition coefficient (Wildman–Crippen LogP) is 2.99. The standard InChI is InChI=1S/C15H13ClFN3O3/c1-7-4-13(20-23-7)19-15(22)10-6-9(10)14(21)18-8-2-3-12(17)11(16)5-8/h2-5,9-10H,6H2,1H3,(H,18,21)(H,19,20,22). The van der Waals surface area contributed by atoms with Crippen LogP contribution in [-0.4, -0.2) is 17.0 Å². The predicted molar refractivity (Wildman–Crippen MR) is 81.5 cm³/mol. The molecule has 0 spiro atoms. The number of anilines is 2. The van der Waals surface area contributed by atoms with Crippen molar-refractivity contribution in [3.63, 3.8) is 0 Å². The number of rotatable bonds is 4. The van der Waals surface area contributed by atoms with E-state index in [2.05, 4.69) is 15.8 Å². The smallest absolute Gasteiger partial charge is 0.229 e. The fourth-order valence-corrected chi connectivity index (χ4v) is 2.41. The molecule has 6 nitrogen and oxygen atoms in total. The zero-order valence-electron chi connectivity index (χ0n) is 12.1. The van der Waals surface area contributed by atoms with Gasteiger partial charge in [0.05, 0.1) is 16.9 Å². The summed E-state index contributed by atoms with van der Waals surface area (Å²) < 4.78 is 17.9. The quantitative estimate of drug-likeness (QED) is 0.898. The van der Waals surface area contributed by atoms with Crippen LogP contribution in [0, 0.1) is 24.6 Å². The van der Waals surface area contributed by atoms with Crippen molar-refractivity contribution >= 4 is 34.9 Å². The number of hydrogen-bond donors (Lipinski definition) is 2. The zero-order chi connectivity index (χ0) is 16.6. The monoisotopic (exact) mass is 337 g/mol. The topological polar surface area (TPSA) is 84.2 Å². The van der Waals surface area contributed by atoms with Gasteiger partial charge in [0, 0.05) is 11.8 Å². The molecule has 0 radical (unpaired) electrons. The van der Waals surface area contributed by atoms with Crippen LogP contribution >= 0.6 is 11.6 Å². The van der Waals surface area contributed by atoms with Gasteiger partial charge in [0.1, 0.15) is 11.6 Å². The van der Waals surface area contributed by atoms with Gasteiger partial charge in [-0.15, -0.1) is 0 Å². The Labute approximate surface area is 136 Å². The second-order valence-electron chi connectivity index (χ2n) is 5.38. The molecule has 1 aliphatic rings. The van der Waals surface area contributed by atoms with E-state index in [9.17, 15) is 14.0 Å². The van der Waals surface area contributed by atoms with E-state index in [0.717, 1.165) is 0 Å². The summed E-state index contributed by atoms with van der Waals surface area (Å²) in [5, 5.41) is 8.81. The van der Waals surface area contributed by atoms with Crippen LogP contribution in [0.5, 0.6) is 0 Å². The van der Waals surface area contributed by atoms with Crippen molar-refractivity contribution in [3.05, 3.63) is 40.9 Å². The Balaban J connectivity index is 1.55. The van der Waals surface area contributed by atoms with Gasteiger partial charge in [-0.3, -0.25) is 9.59 Å². The second-order valence-corrected chi connectivity index (χ2v) is 5.79. The molecule has 1 heterocycles.